The maximum absolute atomic E-state index is 4.10. The third-order valence-corrected chi connectivity index (χ3v) is 4.96. The lowest BCUT2D eigenvalue weighted by atomic mass is 10.1. The van der Waals surface area contributed by atoms with Gasteiger partial charge in [0.05, 0.1) is 17.4 Å². The highest BCUT2D eigenvalue weighted by Crippen LogP contribution is 2.13. The second kappa shape index (κ2) is 25.2. The van der Waals surface area contributed by atoms with Crippen LogP contribution in [-0.4, -0.2) is 38.7 Å². The summed E-state index contributed by atoms with van der Waals surface area (Å²) in [4.78, 5) is 7.79. The molecule has 0 saturated heterocycles. The first kappa shape index (κ1) is 47.8. The van der Waals surface area contributed by atoms with Crippen LogP contribution in [0.1, 0.15) is 138 Å². The monoisotopic (exact) mass is 617 g/mol. The lowest BCUT2D eigenvalue weighted by Gasteiger charge is -2.20. The van der Waals surface area contributed by atoms with Gasteiger partial charge in [0.2, 0.25) is 0 Å². The van der Waals surface area contributed by atoms with E-state index in [2.05, 4.69) is 125 Å². The summed E-state index contributed by atoms with van der Waals surface area (Å²) in [5.74, 6) is 0. The van der Waals surface area contributed by atoms with E-state index in [1.807, 2.05) is 102 Å². The summed E-state index contributed by atoms with van der Waals surface area (Å²) >= 11 is 0. The fourth-order valence-electron chi connectivity index (χ4n) is 2.66. The number of imidazole rings is 1. The molecule has 0 radical (unpaired) electrons. The highest BCUT2D eigenvalue weighted by atomic mass is 15.3. The largest absolute Gasteiger partial charge is 0.349 e. The van der Waals surface area contributed by atoms with Crippen molar-refractivity contribution in [2.45, 2.75) is 161 Å². The van der Waals surface area contributed by atoms with Gasteiger partial charge in [-0.2, -0.15) is 10.2 Å². The second-order valence-electron chi connectivity index (χ2n) is 12.5. The molecule has 4 aromatic rings. The minimum absolute atomic E-state index is 0.0660. The standard InChI is InChI=1S/C8H13N.2C7H12N2.C6H11N3.4C2H6/c1-8(2,3)9-6-4-5-7-9;1-7(2,3)9-5-4-8-6-9;1-7(2,3)9-6-4-5-8-9;1-6(2,3)9-5-7-4-8-9;4*1-2/h4-7H,1-3H3;2*4-6H,1-3H3;4-5H,1-3H3;4*1-2H3. The maximum Gasteiger partial charge on any atom is 0.137 e. The van der Waals surface area contributed by atoms with Crippen LogP contribution in [0.25, 0.3) is 0 Å². The molecule has 0 amide bonds. The molecule has 0 bridgehead atoms. The Morgan fingerprint density at radius 3 is 1.02 bits per heavy atom. The summed E-state index contributed by atoms with van der Waals surface area (Å²) in [6, 6.07) is 6.03. The fraction of sp³-hybridized carbons (Fsp3) is 0.667. The summed E-state index contributed by atoms with van der Waals surface area (Å²) in [5.41, 5.74) is 0.611. The van der Waals surface area contributed by atoms with E-state index < -0.39 is 0 Å². The summed E-state index contributed by atoms with van der Waals surface area (Å²) in [5, 5.41) is 8.10. The van der Waals surface area contributed by atoms with Gasteiger partial charge in [0.25, 0.3) is 0 Å². The Morgan fingerprint density at radius 1 is 0.386 bits per heavy atom. The Bertz CT molecular complexity index is 857. The van der Waals surface area contributed by atoms with Crippen molar-refractivity contribution in [2.75, 3.05) is 0 Å². The van der Waals surface area contributed by atoms with Gasteiger partial charge < -0.3 is 9.13 Å². The molecule has 44 heavy (non-hydrogen) atoms. The SMILES string of the molecule is CC.CC.CC.CC.CC(C)(C)n1cccc1.CC(C)(C)n1cccn1.CC(C)(C)n1ccnc1.CC(C)(C)n1cncn1. The zero-order chi connectivity index (χ0) is 35.6. The minimum atomic E-state index is 0.0660. The molecular weight excluding hydrogens is 544 g/mol. The van der Waals surface area contributed by atoms with Crippen LogP contribution in [0.2, 0.25) is 0 Å². The summed E-state index contributed by atoms with van der Waals surface area (Å²) < 4.78 is 8.03. The van der Waals surface area contributed by atoms with E-state index in [0.717, 1.165) is 0 Å². The molecule has 0 unspecified atom stereocenters. The first-order valence-corrected chi connectivity index (χ1v) is 16.4. The average Bonchev–Trinajstić information content (AvgIpc) is 3.79. The lowest BCUT2D eigenvalue weighted by Crippen LogP contribution is -2.21. The molecule has 0 aliphatic heterocycles. The molecule has 0 fully saturated rings. The smallest absolute Gasteiger partial charge is 0.137 e. The molecule has 0 saturated carbocycles. The van der Waals surface area contributed by atoms with Gasteiger partial charge in [0.15, 0.2) is 0 Å². The van der Waals surface area contributed by atoms with Gasteiger partial charge in [0, 0.05) is 48.3 Å². The summed E-state index contributed by atoms with van der Waals surface area (Å²) in [6.45, 7) is 41.6. The van der Waals surface area contributed by atoms with Gasteiger partial charge in [-0.3, -0.25) is 4.68 Å². The Kier molecular flexibility index (Phi) is 27.4. The van der Waals surface area contributed by atoms with Gasteiger partial charge >= 0.3 is 0 Å². The molecule has 0 spiro atoms. The average molecular weight is 617 g/mol. The van der Waals surface area contributed by atoms with E-state index in [4.69, 9.17) is 0 Å². The number of hydrogen-bond acceptors (Lipinski definition) is 4. The Balaban J connectivity index is -0.000000225. The molecule has 4 heterocycles. The van der Waals surface area contributed by atoms with Crippen molar-refractivity contribution >= 4 is 0 Å². The van der Waals surface area contributed by atoms with Crippen LogP contribution in [0, 0.1) is 0 Å². The van der Waals surface area contributed by atoms with E-state index in [1.54, 1.807) is 25.0 Å². The quantitative estimate of drug-likeness (QED) is 0.197. The van der Waals surface area contributed by atoms with E-state index in [0.29, 0.717) is 0 Å². The van der Waals surface area contributed by atoms with Crippen LogP contribution in [0.3, 0.4) is 0 Å². The van der Waals surface area contributed by atoms with Crippen molar-refractivity contribution < 1.29 is 0 Å². The van der Waals surface area contributed by atoms with E-state index in [9.17, 15) is 0 Å². The van der Waals surface area contributed by atoms with Crippen molar-refractivity contribution in [2.24, 2.45) is 0 Å². The van der Waals surface area contributed by atoms with Gasteiger partial charge in [-0.25, -0.2) is 14.6 Å². The molecule has 0 aliphatic carbocycles. The summed E-state index contributed by atoms with van der Waals surface area (Å²) in [6.07, 6.45) is 16.8. The van der Waals surface area contributed by atoms with Crippen LogP contribution in [-0.2, 0) is 22.2 Å². The molecule has 4 aromatic heterocycles. The molecular formula is C36H72N8. The van der Waals surface area contributed by atoms with Gasteiger partial charge in [0.1, 0.15) is 12.7 Å². The van der Waals surface area contributed by atoms with Crippen molar-refractivity contribution in [3.8, 4) is 0 Å². The maximum atomic E-state index is 4.10. The molecule has 8 nitrogen and oxygen atoms in total. The van der Waals surface area contributed by atoms with Crippen molar-refractivity contribution in [3.05, 3.63) is 74.4 Å². The van der Waals surface area contributed by atoms with Crippen LogP contribution in [0.15, 0.2) is 74.4 Å². The molecule has 0 aromatic carbocycles. The molecule has 8 heteroatoms. The molecule has 4 rings (SSSR count). The third kappa shape index (κ3) is 23.3. The lowest BCUT2D eigenvalue weighted by molar-refractivity contribution is 0.354. The minimum Gasteiger partial charge on any atom is -0.349 e. The van der Waals surface area contributed by atoms with Crippen molar-refractivity contribution in [3.63, 3.8) is 0 Å². The number of nitrogens with zero attached hydrogens (tertiary/aromatic N) is 8. The predicted molar refractivity (Wildman–Crippen MR) is 194 cm³/mol. The van der Waals surface area contributed by atoms with Crippen molar-refractivity contribution in [1.82, 2.24) is 38.7 Å². The first-order valence-electron chi connectivity index (χ1n) is 16.4. The van der Waals surface area contributed by atoms with Crippen LogP contribution >= 0.6 is 0 Å². The van der Waals surface area contributed by atoms with Gasteiger partial charge in [-0.1, -0.05) is 55.4 Å². The molecule has 0 N–H and O–H groups in total. The highest BCUT2D eigenvalue weighted by Gasteiger charge is 2.12. The number of rotatable bonds is 0. The van der Waals surface area contributed by atoms with Crippen LogP contribution in [0.4, 0.5) is 0 Å². The first-order chi connectivity index (χ1) is 20.4. The van der Waals surface area contributed by atoms with Crippen molar-refractivity contribution in [1.29, 1.82) is 0 Å². The zero-order valence-corrected chi connectivity index (χ0v) is 32.5. The Labute approximate surface area is 273 Å². The van der Waals surface area contributed by atoms with Gasteiger partial charge in [-0.05, 0) is 101 Å². The molecule has 256 valence electrons. The highest BCUT2D eigenvalue weighted by molar-refractivity contribution is 4.94. The fourth-order valence-corrected chi connectivity index (χ4v) is 2.66. The Morgan fingerprint density at radius 2 is 0.841 bits per heavy atom. The van der Waals surface area contributed by atoms with Crippen LogP contribution < -0.4 is 0 Å². The third-order valence-electron chi connectivity index (χ3n) is 4.96. The topological polar surface area (TPSA) is 71.3 Å². The number of aromatic nitrogens is 8. The molecule has 0 atom stereocenters. The van der Waals surface area contributed by atoms with Crippen LogP contribution in [0.5, 0.6) is 0 Å². The predicted octanol–water partition coefficient (Wildman–Crippen LogP) is 10.7. The van der Waals surface area contributed by atoms with Gasteiger partial charge in [-0.15, -0.1) is 0 Å². The van der Waals surface area contributed by atoms with E-state index >= 15 is 0 Å². The second-order valence-corrected chi connectivity index (χ2v) is 12.5. The normalized spacial score (nSPS) is 10.3. The summed E-state index contributed by atoms with van der Waals surface area (Å²) in [7, 11) is 0. The molecule has 0 aliphatic rings. The Hall–Kier alpha value is -3.16. The van der Waals surface area contributed by atoms with E-state index in [1.165, 1.54) is 0 Å². The van der Waals surface area contributed by atoms with E-state index in [-0.39, 0.29) is 22.2 Å². The zero-order valence-electron chi connectivity index (χ0n) is 32.5. The number of hydrogen-bond donors (Lipinski definition) is 0.